The number of pyridine rings is 1. The molecule has 2 amide bonds. The van der Waals surface area contributed by atoms with E-state index in [0.29, 0.717) is 5.69 Å². The van der Waals surface area contributed by atoms with Crippen molar-refractivity contribution in [3.8, 4) is 5.75 Å². The number of nitrogens with two attached hydrogens (primary N) is 2. The number of carbonyl (C=O) groups excluding carboxylic acids is 2. The number of anilines is 1. The number of piperidine rings is 1. The Bertz CT molecular complexity index is 1790. The first-order valence-electron chi connectivity index (χ1n) is 14.2. The monoisotopic (exact) mass is 706 g/mol. The third-order valence-electron chi connectivity index (χ3n) is 7.10. The number of aliphatic imine (C=N–C) groups is 1. The van der Waals surface area contributed by atoms with E-state index < -0.39 is 58.6 Å². The minimum atomic E-state index is -4.99. The normalized spacial score (nSPS) is 19.8. The molecule has 0 radical (unpaired) electrons. The molecule has 0 spiro atoms. The number of hydrogen-bond acceptors (Lipinski definition) is 16. The highest BCUT2D eigenvalue weighted by Gasteiger charge is 2.54. The molecule has 2 fully saturated rings. The lowest BCUT2D eigenvalue weighted by Gasteiger charge is -2.43. The van der Waals surface area contributed by atoms with Crippen LogP contribution in [0.3, 0.4) is 0 Å². The Morgan fingerprint density at radius 2 is 2.02 bits per heavy atom. The number of oxime groups is 1. The van der Waals surface area contributed by atoms with Crippen molar-refractivity contribution >= 4 is 56.1 Å². The molecule has 8 N–H and O–H groups in total. The molecule has 256 valence electrons. The van der Waals surface area contributed by atoms with Crippen molar-refractivity contribution in [2.45, 2.75) is 43.6 Å². The van der Waals surface area contributed by atoms with Crippen molar-refractivity contribution < 1.29 is 42.0 Å². The first-order valence-corrected chi connectivity index (χ1v) is 16.4. The summed E-state index contributed by atoms with van der Waals surface area (Å²) in [6, 6.07) is 0.408. The second kappa shape index (κ2) is 14.7. The Labute approximate surface area is 275 Å². The second-order valence-electron chi connectivity index (χ2n) is 10.4. The summed E-state index contributed by atoms with van der Waals surface area (Å²) >= 11 is 0.933. The molecule has 1 unspecified atom stereocenters. The van der Waals surface area contributed by atoms with Gasteiger partial charge in [0.1, 0.15) is 48.3 Å². The zero-order valence-electron chi connectivity index (χ0n) is 24.8. The van der Waals surface area contributed by atoms with E-state index in [4.69, 9.17) is 21.0 Å². The van der Waals surface area contributed by atoms with E-state index in [0.717, 1.165) is 43.6 Å². The van der Waals surface area contributed by atoms with Crippen LogP contribution in [0, 0.1) is 0 Å². The van der Waals surface area contributed by atoms with Crippen LogP contribution in [0.5, 0.6) is 5.75 Å². The highest BCUT2D eigenvalue weighted by atomic mass is 32.2. The number of hydrogen-bond donors (Lipinski definition) is 6. The van der Waals surface area contributed by atoms with Gasteiger partial charge in [0.05, 0.1) is 24.8 Å². The van der Waals surface area contributed by atoms with Gasteiger partial charge in [-0.1, -0.05) is 5.16 Å². The fourth-order valence-electron chi connectivity index (χ4n) is 4.72. The molecule has 3 aromatic rings. The van der Waals surface area contributed by atoms with Crippen LogP contribution in [0.4, 0.5) is 5.13 Å². The summed E-state index contributed by atoms with van der Waals surface area (Å²) in [6.07, 6.45) is 3.71. The Kier molecular flexibility index (Phi) is 10.4. The Balaban J connectivity index is 1.27. The first-order chi connectivity index (χ1) is 22.9. The van der Waals surface area contributed by atoms with Crippen LogP contribution in [0.25, 0.3) is 0 Å². The number of nitrogen functional groups attached to an aromatic ring is 1. The standard InChI is InChI=1S/C25H30N12O9S2/c26-21(32-13-3-5-28-6-4-13)15-2-1-14(7-30-15)45-9-18(24(40)41)46-35-19(16-10-47-25(27)33-16)22(38)34-20-17(8-36-12-29-11-31-36)37(23(20)39)48(42,43)44/h1-2,7,10-13,17-18,20,28H,3-6,8-9H2,(H2,26,32)(H2,27,33)(H,34,38)(H,40,41)(H,42,43,44)/b35-19-/t17-,18?,20+/m1/s1. The number of nitrogens with zero attached hydrogens (tertiary/aromatic N) is 8. The van der Waals surface area contributed by atoms with Gasteiger partial charge in [0, 0.05) is 5.38 Å². The number of carbonyl (C=O) groups is 3. The van der Waals surface area contributed by atoms with Gasteiger partial charge in [-0.15, -0.1) is 11.3 Å². The largest absolute Gasteiger partial charge is 0.487 e. The van der Waals surface area contributed by atoms with E-state index in [9.17, 15) is 32.5 Å². The summed E-state index contributed by atoms with van der Waals surface area (Å²) in [4.78, 5) is 59.6. The molecule has 48 heavy (non-hydrogen) atoms. The Morgan fingerprint density at radius 1 is 1.25 bits per heavy atom. The maximum atomic E-state index is 13.4. The molecule has 0 saturated carbocycles. The molecule has 0 aliphatic carbocycles. The number of ether oxygens (including phenoxy) is 1. The van der Waals surface area contributed by atoms with Crippen LogP contribution in [-0.4, -0.2) is 120 Å². The fraction of sp³-hybridized carbons (Fsp3) is 0.400. The molecule has 3 atom stereocenters. The van der Waals surface area contributed by atoms with Crippen LogP contribution in [0.2, 0.25) is 0 Å². The van der Waals surface area contributed by atoms with Gasteiger partial charge in [-0.05, 0) is 38.1 Å². The SMILES string of the molecule is NC(=NC1CCNCC1)c1ccc(OCC(O/N=C(\C(=O)N[C@@H]2C(=O)N(S(=O)(=O)O)[C@@H]2Cn2cncn2)c2csc(N)n2)C(=O)O)cn1. The van der Waals surface area contributed by atoms with Crippen LogP contribution in [0.15, 0.2) is 46.5 Å². The topological polar surface area (TPSA) is 305 Å². The first kappa shape index (κ1) is 34.1. The molecule has 21 nitrogen and oxygen atoms in total. The summed E-state index contributed by atoms with van der Waals surface area (Å²) in [6.45, 7) is 0.861. The maximum Gasteiger partial charge on any atom is 0.362 e. The molecule has 5 rings (SSSR count). The lowest BCUT2D eigenvalue weighted by molar-refractivity contribution is -0.152. The molecular formula is C25H30N12O9S2. The Hall–Kier alpha value is -5.26. The number of aromatic nitrogens is 5. The molecular weight excluding hydrogens is 676 g/mol. The number of aliphatic carboxylic acids is 1. The van der Waals surface area contributed by atoms with Gasteiger partial charge in [0.25, 0.3) is 17.9 Å². The predicted molar refractivity (Wildman–Crippen MR) is 166 cm³/mol. The highest BCUT2D eigenvalue weighted by Crippen LogP contribution is 2.25. The average molecular weight is 707 g/mol. The third-order valence-corrected chi connectivity index (χ3v) is 8.72. The van der Waals surface area contributed by atoms with Crippen LogP contribution in [0.1, 0.15) is 24.2 Å². The van der Waals surface area contributed by atoms with Crippen molar-refractivity contribution in [2.75, 3.05) is 25.4 Å². The number of amidine groups is 1. The van der Waals surface area contributed by atoms with Crippen molar-refractivity contribution in [3.05, 3.63) is 47.8 Å². The number of carboxylic acids is 1. The van der Waals surface area contributed by atoms with E-state index in [1.54, 1.807) is 6.07 Å². The van der Waals surface area contributed by atoms with Gasteiger partial charge in [0.2, 0.25) is 0 Å². The molecule has 2 saturated heterocycles. The minimum Gasteiger partial charge on any atom is -0.487 e. The number of β-lactam (4-membered cyclic amide) rings is 1. The van der Waals surface area contributed by atoms with Gasteiger partial charge < -0.3 is 36.8 Å². The highest BCUT2D eigenvalue weighted by molar-refractivity contribution is 7.84. The molecule has 2 aliphatic rings. The van der Waals surface area contributed by atoms with Crippen LogP contribution in [-0.2, 0) is 36.1 Å². The van der Waals surface area contributed by atoms with Crippen molar-refractivity contribution in [3.63, 3.8) is 0 Å². The zero-order chi connectivity index (χ0) is 34.4. The number of nitrogens with one attached hydrogen (secondary N) is 2. The number of rotatable bonds is 14. The molecule has 2 aliphatic heterocycles. The lowest BCUT2D eigenvalue weighted by atomic mass is 9.98. The number of carboxylic acid groups (broad SMARTS) is 1. The van der Waals surface area contributed by atoms with Crippen LogP contribution >= 0.6 is 11.3 Å². The average Bonchev–Trinajstić information content (AvgIpc) is 3.73. The quantitative estimate of drug-likeness (QED) is 0.0335. The molecule has 5 heterocycles. The smallest absolute Gasteiger partial charge is 0.362 e. The van der Waals surface area contributed by atoms with Gasteiger partial charge >= 0.3 is 16.3 Å². The third kappa shape index (κ3) is 8.17. The zero-order valence-corrected chi connectivity index (χ0v) is 26.5. The predicted octanol–water partition coefficient (Wildman–Crippen LogP) is -2.38. The molecule has 0 aromatic carbocycles. The summed E-state index contributed by atoms with van der Waals surface area (Å²) in [7, 11) is -4.99. The van der Waals surface area contributed by atoms with Gasteiger partial charge in [-0.25, -0.2) is 24.1 Å². The van der Waals surface area contributed by atoms with Crippen molar-refractivity contribution in [1.29, 1.82) is 0 Å². The summed E-state index contributed by atoms with van der Waals surface area (Å²) in [5, 5.41) is 24.2. The van der Waals surface area contributed by atoms with E-state index in [-0.39, 0.29) is 39.3 Å². The molecule has 3 aromatic heterocycles. The van der Waals surface area contributed by atoms with Gasteiger partial charge in [0.15, 0.2) is 10.8 Å². The van der Waals surface area contributed by atoms with Crippen molar-refractivity contribution in [2.24, 2.45) is 15.9 Å². The molecule has 23 heteroatoms. The lowest BCUT2D eigenvalue weighted by Crippen LogP contribution is -2.73. The van der Waals surface area contributed by atoms with Crippen molar-refractivity contribution in [1.82, 2.24) is 39.7 Å². The summed E-state index contributed by atoms with van der Waals surface area (Å²) < 4.78 is 40.1. The second-order valence-corrected chi connectivity index (χ2v) is 12.6. The fourth-order valence-corrected chi connectivity index (χ4v) is 6.14. The van der Waals surface area contributed by atoms with E-state index in [2.05, 4.69) is 40.8 Å². The number of amides is 2. The van der Waals surface area contributed by atoms with Gasteiger partial charge in [-0.3, -0.25) is 23.8 Å². The van der Waals surface area contributed by atoms with Gasteiger partial charge in [-0.2, -0.15) is 13.5 Å². The van der Waals surface area contributed by atoms with E-state index >= 15 is 0 Å². The van der Waals surface area contributed by atoms with E-state index in [1.165, 1.54) is 28.7 Å². The summed E-state index contributed by atoms with van der Waals surface area (Å²) in [5.74, 6) is -3.29. The Morgan fingerprint density at radius 3 is 2.62 bits per heavy atom. The van der Waals surface area contributed by atoms with Crippen LogP contribution < -0.4 is 26.8 Å². The van der Waals surface area contributed by atoms with E-state index in [1.807, 2.05) is 0 Å². The molecule has 0 bridgehead atoms. The minimum absolute atomic E-state index is 0.0299. The summed E-state index contributed by atoms with van der Waals surface area (Å²) in [5.41, 5.74) is 11.5. The maximum absolute atomic E-state index is 13.4. The number of thiazole rings is 1.